The molecule has 0 radical (unpaired) electrons. The van der Waals surface area contributed by atoms with E-state index >= 15 is 0 Å². The van der Waals surface area contributed by atoms with Gasteiger partial charge in [0.15, 0.2) is 0 Å². The Morgan fingerprint density at radius 3 is 2.23 bits per heavy atom. The zero-order valence-electron chi connectivity index (χ0n) is 13.8. The number of sulfone groups is 1. The van der Waals surface area contributed by atoms with Crippen molar-refractivity contribution < 1.29 is 27.5 Å². The molecule has 0 fully saturated rings. The number of carbonyl (C=O) groups excluding carboxylic acids is 2. The van der Waals surface area contributed by atoms with Crippen LogP contribution in [0.4, 0.5) is 4.79 Å². The molecule has 1 amide bonds. The van der Waals surface area contributed by atoms with E-state index in [9.17, 15) is 18.0 Å². The molecule has 0 rings (SSSR count). The molecule has 2 N–H and O–H groups in total. The summed E-state index contributed by atoms with van der Waals surface area (Å²) in [4.78, 5) is 24.7. The van der Waals surface area contributed by atoms with E-state index in [1.54, 1.807) is 20.8 Å². The number of rotatable bonds is 7. The summed E-state index contributed by atoms with van der Waals surface area (Å²) < 4.78 is 32.0. The van der Waals surface area contributed by atoms with Gasteiger partial charge in [-0.1, -0.05) is 0 Å². The van der Waals surface area contributed by atoms with E-state index in [1.165, 1.54) is 12.0 Å². The molecule has 0 heterocycles. The zero-order valence-corrected chi connectivity index (χ0v) is 14.6. The number of carbonyl (C=O) groups is 2. The van der Waals surface area contributed by atoms with E-state index in [1.807, 2.05) is 0 Å². The molecule has 0 unspecified atom stereocenters. The number of nitrogens with two attached hydrogens (primary N) is 1. The minimum absolute atomic E-state index is 0.0697. The van der Waals surface area contributed by atoms with Crippen molar-refractivity contribution in [2.45, 2.75) is 38.8 Å². The molecule has 8 nitrogen and oxygen atoms in total. The van der Waals surface area contributed by atoms with E-state index in [0.29, 0.717) is 0 Å². The standard InChI is InChI=1S/C13H26N2O6S/c1-13(2,3)21-12(17)15(7-6-8-22(5,18)19)9-10(14)11(16)20-4/h10H,6-9,14H2,1-5H3/t10-/m0/s1. The highest BCUT2D eigenvalue weighted by atomic mass is 32.2. The first-order valence-electron chi connectivity index (χ1n) is 6.85. The lowest BCUT2D eigenvalue weighted by Crippen LogP contribution is -2.47. The maximum absolute atomic E-state index is 12.1. The van der Waals surface area contributed by atoms with Crippen LogP contribution in [0.1, 0.15) is 27.2 Å². The summed E-state index contributed by atoms with van der Waals surface area (Å²) in [7, 11) is -1.93. The lowest BCUT2D eigenvalue weighted by Gasteiger charge is -2.28. The number of hydrogen-bond donors (Lipinski definition) is 1. The minimum atomic E-state index is -3.13. The molecular weight excluding hydrogens is 312 g/mol. The van der Waals surface area contributed by atoms with Crippen LogP contribution in [0.2, 0.25) is 0 Å². The van der Waals surface area contributed by atoms with Gasteiger partial charge in [-0.05, 0) is 27.2 Å². The van der Waals surface area contributed by atoms with E-state index in [-0.39, 0.29) is 25.3 Å². The molecule has 0 aliphatic carbocycles. The van der Waals surface area contributed by atoms with Crippen molar-refractivity contribution in [2.75, 3.05) is 32.2 Å². The highest BCUT2D eigenvalue weighted by Crippen LogP contribution is 2.11. The Balaban J connectivity index is 4.82. The van der Waals surface area contributed by atoms with Gasteiger partial charge in [-0.15, -0.1) is 0 Å². The SMILES string of the molecule is COC(=O)[C@@H](N)CN(CCCS(C)(=O)=O)C(=O)OC(C)(C)C. The second-order valence-corrected chi connectivity index (χ2v) is 8.30. The average molecular weight is 338 g/mol. The van der Waals surface area contributed by atoms with E-state index in [0.717, 1.165) is 6.26 Å². The number of esters is 1. The van der Waals surface area contributed by atoms with Crippen molar-refractivity contribution >= 4 is 21.9 Å². The maximum atomic E-state index is 12.1. The minimum Gasteiger partial charge on any atom is -0.468 e. The van der Waals surface area contributed by atoms with Crippen LogP contribution in [0.15, 0.2) is 0 Å². The first kappa shape index (κ1) is 20.6. The van der Waals surface area contributed by atoms with Crippen LogP contribution >= 0.6 is 0 Å². The van der Waals surface area contributed by atoms with Crippen molar-refractivity contribution in [1.82, 2.24) is 4.90 Å². The second-order valence-electron chi connectivity index (χ2n) is 6.04. The van der Waals surface area contributed by atoms with Gasteiger partial charge in [0.05, 0.1) is 12.9 Å². The van der Waals surface area contributed by atoms with Gasteiger partial charge in [0.2, 0.25) is 0 Å². The fraction of sp³-hybridized carbons (Fsp3) is 0.846. The predicted octanol–water partition coefficient (Wildman–Crippen LogP) is 0.159. The number of amides is 1. The van der Waals surface area contributed by atoms with Crippen molar-refractivity contribution in [3.05, 3.63) is 0 Å². The van der Waals surface area contributed by atoms with Gasteiger partial charge >= 0.3 is 12.1 Å². The summed E-state index contributed by atoms with van der Waals surface area (Å²) >= 11 is 0. The van der Waals surface area contributed by atoms with Gasteiger partial charge in [0.25, 0.3) is 0 Å². The first-order chi connectivity index (χ1) is 9.85. The van der Waals surface area contributed by atoms with Gasteiger partial charge in [-0.2, -0.15) is 0 Å². The monoisotopic (exact) mass is 338 g/mol. The molecule has 0 saturated heterocycles. The van der Waals surface area contributed by atoms with Gasteiger partial charge in [-0.3, -0.25) is 4.79 Å². The summed E-state index contributed by atoms with van der Waals surface area (Å²) in [6.07, 6.45) is 0.692. The summed E-state index contributed by atoms with van der Waals surface area (Å²) in [6, 6.07) is -1.02. The molecule has 0 aromatic rings. The molecule has 1 atom stereocenters. The first-order valence-corrected chi connectivity index (χ1v) is 8.91. The summed E-state index contributed by atoms with van der Waals surface area (Å²) in [5.41, 5.74) is 4.94. The van der Waals surface area contributed by atoms with Crippen molar-refractivity contribution in [1.29, 1.82) is 0 Å². The number of nitrogens with zero attached hydrogens (tertiary/aromatic N) is 1. The highest BCUT2D eigenvalue weighted by molar-refractivity contribution is 7.90. The van der Waals surface area contributed by atoms with Crippen molar-refractivity contribution in [3.8, 4) is 0 Å². The Morgan fingerprint density at radius 1 is 1.27 bits per heavy atom. The third-order valence-corrected chi connectivity index (χ3v) is 3.55. The fourth-order valence-corrected chi connectivity index (χ4v) is 2.22. The third kappa shape index (κ3) is 9.56. The Hall–Kier alpha value is -1.35. The quantitative estimate of drug-likeness (QED) is 0.657. The number of methoxy groups -OCH3 is 1. The van der Waals surface area contributed by atoms with Gasteiger partial charge < -0.3 is 20.1 Å². The van der Waals surface area contributed by atoms with Crippen molar-refractivity contribution in [2.24, 2.45) is 5.73 Å². The number of ether oxygens (including phenoxy) is 2. The van der Waals surface area contributed by atoms with Crippen LogP contribution in [0.3, 0.4) is 0 Å². The van der Waals surface area contributed by atoms with E-state index in [4.69, 9.17) is 10.5 Å². The predicted molar refractivity (Wildman–Crippen MR) is 82.1 cm³/mol. The zero-order chi connectivity index (χ0) is 17.6. The maximum Gasteiger partial charge on any atom is 0.410 e. The molecule has 0 aromatic heterocycles. The summed E-state index contributed by atoms with van der Waals surface area (Å²) in [6.45, 7) is 5.14. The number of hydrogen-bond acceptors (Lipinski definition) is 7. The Labute approximate surface area is 131 Å². The summed E-state index contributed by atoms with van der Waals surface area (Å²) in [5.74, 6) is -0.726. The molecule has 0 bridgehead atoms. The van der Waals surface area contributed by atoms with Crippen LogP contribution in [0.25, 0.3) is 0 Å². The van der Waals surface area contributed by atoms with E-state index < -0.39 is 33.5 Å². The molecule has 0 aromatic carbocycles. The Bertz CT molecular complexity index is 483. The lowest BCUT2D eigenvalue weighted by atomic mass is 10.2. The fourth-order valence-electron chi connectivity index (χ4n) is 1.56. The van der Waals surface area contributed by atoms with Gasteiger partial charge in [0, 0.05) is 19.3 Å². The lowest BCUT2D eigenvalue weighted by molar-refractivity contribution is -0.142. The molecule has 0 spiro atoms. The van der Waals surface area contributed by atoms with Crippen LogP contribution in [0.5, 0.6) is 0 Å². The molecular formula is C13H26N2O6S. The third-order valence-electron chi connectivity index (χ3n) is 2.52. The Kier molecular flexibility index (Phi) is 7.82. The van der Waals surface area contributed by atoms with Crippen molar-refractivity contribution in [3.63, 3.8) is 0 Å². The molecule has 0 aliphatic rings. The smallest absolute Gasteiger partial charge is 0.410 e. The molecule has 0 aliphatic heterocycles. The molecule has 22 heavy (non-hydrogen) atoms. The largest absolute Gasteiger partial charge is 0.468 e. The van der Waals surface area contributed by atoms with Gasteiger partial charge in [-0.25, -0.2) is 13.2 Å². The molecule has 130 valence electrons. The molecule has 9 heteroatoms. The van der Waals surface area contributed by atoms with Crippen LogP contribution in [-0.2, 0) is 24.1 Å². The topological polar surface area (TPSA) is 116 Å². The van der Waals surface area contributed by atoms with E-state index in [2.05, 4.69) is 4.74 Å². The van der Waals surface area contributed by atoms with Crippen LogP contribution in [0, 0.1) is 0 Å². The molecule has 0 saturated carbocycles. The second kappa shape index (κ2) is 8.33. The average Bonchev–Trinajstić information content (AvgIpc) is 2.32. The highest BCUT2D eigenvalue weighted by Gasteiger charge is 2.26. The normalized spacial score (nSPS) is 13.4. The summed E-state index contributed by atoms with van der Waals surface area (Å²) in [5, 5.41) is 0. The van der Waals surface area contributed by atoms with Gasteiger partial charge in [0.1, 0.15) is 21.5 Å². The van der Waals surface area contributed by atoms with Crippen LogP contribution in [-0.4, -0.2) is 69.2 Å². The Morgan fingerprint density at radius 2 is 1.82 bits per heavy atom. The van der Waals surface area contributed by atoms with Crippen LogP contribution < -0.4 is 5.73 Å².